The predicted molar refractivity (Wildman–Crippen MR) is 85.2 cm³/mol. The maximum Gasteiger partial charge on any atom is 0.146 e. The Hall–Kier alpha value is -1.13. The summed E-state index contributed by atoms with van der Waals surface area (Å²) < 4.78 is 13.7. The van der Waals surface area contributed by atoms with Gasteiger partial charge in [0.05, 0.1) is 12.3 Å². The third-order valence-electron chi connectivity index (χ3n) is 4.21. The molecule has 1 fully saturated rings. The Morgan fingerprint density at radius 2 is 2.05 bits per heavy atom. The van der Waals surface area contributed by atoms with E-state index in [0.717, 1.165) is 25.8 Å². The van der Waals surface area contributed by atoms with Crippen LogP contribution in [-0.4, -0.2) is 36.9 Å². The van der Waals surface area contributed by atoms with Crippen LogP contribution in [0.3, 0.4) is 0 Å². The zero-order valence-electron chi connectivity index (χ0n) is 13.1. The Morgan fingerprint density at radius 3 is 2.67 bits per heavy atom. The highest BCUT2D eigenvalue weighted by Crippen LogP contribution is 2.25. The number of anilines is 1. The first-order chi connectivity index (χ1) is 10.0. The van der Waals surface area contributed by atoms with Crippen LogP contribution in [0.2, 0.25) is 0 Å². The molecule has 0 amide bonds. The van der Waals surface area contributed by atoms with Crippen molar-refractivity contribution in [3.8, 4) is 0 Å². The average Bonchev–Trinajstić information content (AvgIpc) is 3.27. The molecule has 4 heteroatoms. The number of aliphatic hydroxyl groups excluding tert-OH is 1. The van der Waals surface area contributed by atoms with Gasteiger partial charge in [0.1, 0.15) is 5.82 Å². The zero-order valence-corrected chi connectivity index (χ0v) is 13.1. The molecule has 2 rings (SSSR count). The van der Waals surface area contributed by atoms with E-state index in [0.29, 0.717) is 11.7 Å². The Kier molecular flexibility index (Phi) is 5.59. The molecule has 0 bridgehead atoms. The van der Waals surface area contributed by atoms with E-state index in [1.807, 2.05) is 24.1 Å². The van der Waals surface area contributed by atoms with Crippen molar-refractivity contribution in [3.05, 3.63) is 30.1 Å². The molecule has 0 saturated heterocycles. The summed E-state index contributed by atoms with van der Waals surface area (Å²) in [6, 6.07) is 7.47. The van der Waals surface area contributed by atoms with Gasteiger partial charge in [-0.1, -0.05) is 12.1 Å². The van der Waals surface area contributed by atoms with Crippen molar-refractivity contribution in [1.29, 1.82) is 0 Å². The fourth-order valence-corrected chi connectivity index (χ4v) is 2.66. The largest absolute Gasteiger partial charge is 0.394 e. The SMILES string of the molecule is CN(CCCCC(C)(CO)NC1CC1)c1ccccc1F. The van der Waals surface area contributed by atoms with E-state index in [9.17, 15) is 9.50 Å². The molecule has 1 aromatic carbocycles. The van der Waals surface area contributed by atoms with Gasteiger partial charge in [-0.25, -0.2) is 4.39 Å². The lowest BCUT2D eigenvalue weighted by molar-refractivity contribution is 0.161. The van der Waals surface area contributed by atoms with Crippen molar-refractivity contribution in [3.63, 3.8) is 0 Å². The van der Waals surface area contributed by atoms with Crippen molar-refractivity contribution in [2.45, 2.75) is 50.6 Å². The number of aliphatic hydroxyl groups is 1. The van der Waals surface area contributed by atoms with Crippen molar-refractivity contribution in [2.24, 2.45) is 0 Å². The third kappa shape index (κ3) is 4.97. The third-order valence-corrected chi connectivity index (χ3v) is 4.21. The maximum absolute atomic E-state index is 13.7. The van der Waals surface area contributed by atoms with Gasteiger partial charge in [-0.3, -0.25) is 0 Å². The Labute approximate surface area is 127 Å². The highest BCUT2D eigenvalue weighted by atomic mass is 19.1. The maximum atomic E-state index is 13.7. The summed E-state index contributed by atoms with van der Waals surface area (Å²) in [5.41, 5.74) is 0.482. The molecule has 2 N–H and O–H groups in total. The second kappa shape index (κ2) is 7.23. The van der Waals surface area contributed by atoms with E-state index in [-0.39, 0.29) is 18.0 Å². The summed E-state index contributed by atoms with van der Waals surface area (Å²) in [6.07, 6.45) is 5.42. The number of para-hydroxylation sites is 1. The summed E-state index contributed by atoms with van der Waals surface area (Å²) in [6.45, 7) is 3.09. The molecular weight excluding hydrogens is 267 g/mol. The molecule has 1 atom stereocenters. The van der Waals surface area contributed by atoms with Crippen LogP contribution in [0.1, 0.15) is 39.0 Å². The fraction of sp³-hybridized carbons (Fsp3) is 0.647. The molecule has 0 aromatic heterocycles. The summed E-state index contributed by atoms with van der Waals surface area (Å²) >= 11 is 0. The Bertz CT molecular complexity index is 450. The minimum atomic E-state index is -0.171. The number of hydrogen-bond donors (Lipinski definition) is 2. The summed E-state index contributed by atoms with van der Waals surface area (Å²) in [5.74, 6) is -0.171. The first-order valence-electron chi connectivity index (χ1n) is 7.88. The lowest BCUT2D eigenvalue weighted by Crippen LogP contribution is -2.46. The molecule has 1 aromatic rings. The molecule has 0 radical (unpaired) electrons. The number of halogens is 1. The van der Waals surface area contributed by atoms with E-state index < -0.39 is 0 Å². The van der Waals surface area contributed by atoms with E-state index in [2.05, 4.69) is 12.2 Å². The first-order valence-corrected chi connectivity index (χ1v) is 7.88. The quantitative estimate of drug-likeness (QED) is 0.687. The van der Waals surface area contributed by atoms with Gasteiger partial charge in [0.2, 0.25) is 0 Å². The highest BCUT2D eigenvalue weighted by Gasteiger charge is 2.31. The van der Waals surface area contributed by atoms with Crippen LogP contribution in [-0.2, 0) is 0 Å². The molecule has 0 aliphatic heterocycles. The average molecular weight is 294 g/mol. The second-order valence-corrected chi connectivity index (χ2v) is 6.47. The Balaban J connectivity index is 1.72. The standard InChI is InChI=1S/C17H27FN2O/c1-17(13-21,19-14-9-10-14)11-5-6-12-20(2)16-8-4-3-7-15(16)18/h3-4,7-8,14,19,21H,5-6,9-13H2,1-2H3. The normalized spacial score (nSPS) is 17.5. The molecular formula is C17H27FN2O. The van der Waals surface area contributed by atoms with Crippen LogP contribution in [0.4, 0.5) is 10.1 Å². The molecule has 118 valence electrons. The fourth-order valence-electron chi connectivity index (χ4n) is 2.66. The van der Waals surface area contributed by atoms with Crippen molar-refractivity contribution < 1.29 is 9.50 Å². The minimum Gasteiger partial charge on any atom is -0.394 e. The second-order valence-electron chi connectivity index (χ2n) is 6.47. The molecule has 0 heterocycles. The lowest BCUT2D eigenvalue weighted by Gasteiger charge is -2.29. The number of rotatable bonds is 9. The summed E-state index contributed by atoms with van der Waals surface area (Å²) in [4.78, 5) is 1.96. The van der Waals surface area contributed by atoms with Crippen LogP contribution < -0.4 is 10.2 Å². The number of benzene rings is 1. The van der Waals surface area contributed by atoms with E-state index >= 15 is 0 Å². The number of nitrogens with zero attached hydrogens (tertiary/aromatic N) is 1. The van der Waals surface area contributed by atoms with E-state index in [1.165, 1.54) is 18.9 Å². The van der Waals surface area contributed by atoms with Crippen LogP contribution in [0.5, 0.6) is 0 Å². The van der Waals surface area contributed by atoms with Crippen LogP contribution >= 0.6 is 0 Å². The van der Waals surface area contributed by atoms with Gasteiger partial charge < -0.3 is 15.3 Å². The van der Waals surface area contributed by atoms with E-state index in [1.54, 1.807) is 6.07 Å². The highest BCUT2D eigenvalue weighted by molar-refractivity contribution is 5.46. The van der Waals surface area contributed by atoms with Gasteiger partial charge in [0, 0.05) is 25.2 Å². The zero-order chi connectivity index (χ0) is 15.3. The van der Waals surface area contributed by atoms with Crippen molar-refractivity contribution >= 4 is 5.69 Å². The van der Waals surface area contributed by atoms with Crippen LogP contribution in [0.15, 0.2) is 24.3 Å². The lowest BCUT2D eigenvalue weighted by atomic mass is 9.95. The van der Waals surface area contributed by atoms with Crippen LogP contribution in [0, 0.1) is 5.82 Å². The van der Waals surface area contributed by atoms with Gasteiger partial charge in [-0.05, 0) is 51.2 Å². The first kappa shape index (κ1) is 16.2. The topological polar surface area (TPSA) is 35.5 Å². The molecule has 21 heavy (non-hydrogen) atoms. The van der Waals surface area contributed by atoms with E-state index in [4.69, 9.17) is 0 Å². The summed E-state index contributed by atoms with van der Waals surface area (Å²) in [5, 5.41) is 13.1. The number of unbranched alkanes of at least 4 members (excludes halogenated alkanes) is 1. The molecule has 1 saturated carbocycles. The number of nitrogens with one attached hydrogen (secondary N) is 1. The number of hydrogen-bond acceptors (Lipinski definition) is 3. The molecule has 1 unspecified atom stereocenters. The monoisotopic (exact) mass is 294 g/mol. The molecule has 1 aliphatic rings. The smallest absolute Gasteiger partial charge is 0.146 e. The van der Waals surface area contributed by atoms with Gasteiger partial charge >= 0.3 is 0 Å². The van der Waals surface area contributed by atoms with Gasteiger partial charge in [-0.2, -0.15) is 0 Å². The predicted octanol–water partition coefficient (Wildman–Crippen LogP) is 2.94. The van der Waals surface area contributed by atoms with Gasteiger partial charge in [0.25, 0.3) is 0 Å². The molecule has 3 nitrogen and oxygen atoms in total. The van der Waals surface area contributed by atoms with Crippen molar-refractivity contribution in [2.75, 3.05) is 25.1 Å². The van der Waals surface area contributed by atoms with Crippen LogP contribution in [0.25, 0.3) is 0 Å². The summed E-state index contributed by atoms with van der Waals surface area (Å²) in [7, 11) is 1.92. The minimum absolute atomic E-state index is 0.169. The van der Waals surface area contributed by atoms with Gasteiger partial charge in [0.15, 0.2) is 0 Å². The molecule has 0 spiro atoms. The molecule has 1 aliphatic carbocycles. The van der Waals surface area contributed by atoms with Gasteiger partial charge in [-0.15, -0.1) is 0 Å². The Morgan fingerprint density at radius 1 is 1.33 bits per heavy atom. The van der Waals surface area contributed by atoms with Crippen molar-refractivity contribution in [1.82, 2.24) is 5.32 Å².